The molecule has 2 heteroatoms. The number of hydrogen-bond donors (Lipinski definition) is 0. The van der Waals surface area contributed by atoms with Gasteiger partial charge in [-0.2, -0.15) is 4.58 Å². The molecule has 2 aliphatic rings. The number of hydrogen-bond acceptors (Lipinski definition) is 1. The van der Waals surface area contributed by atoms with Gasteiger partial charge in [-0.15, -0.1) is 0 Å². The number of benzene rings is 2. The zero-order chi connectivity index (χ0) is 25.2. The Kier molecular flexibility index (Phi) is 5.79. The van der Waals surface area contributed by atoms with E-state index in [1.54, 1.807) is 0 Å². The summed E-state index contributed by atoms with van der Waals surface area (Å²) in [6, 6.07) is 17.6. The summed E-state index contributed by atoms with van der Waals surface area (Å²) in [7, 11) is 4.43. The van der Waals surface area contributed by atoms with E-state index >= 15 is 0 Å². The van der Waals surface area contributed by atoms with Crippen LogP contribution in [0.15, 0.2) is 82.1 Å². The second kappa shape index (κ2) is 8.12. The van der Waals surface area contributed by atoms with Crippen molar-refractivity contribution in [3.63, 3.8) is 0 Å². The maximum Gasteiger partial charge on any atom is 0.209 e. The highest BCUT2D eigenvalue weighted by molar-refractivity contribution is 6.07. The number of likely N-dealkylation sites (N-methyl/N-ethyl adjacent to an activating group) is 1. The summed E-state index contributed by atoms with van der Waals surface area (Å²) in [6.45, 7) is 20.9. The molecule has 0 unspecified atom stereocenters. The van der Waals surface area contributed by atoms with Crippen LogP contribution in [0.25, 0.3) is 0 Å². The van der Waals surface area contributed by atoms with Crippen molar-refractivity contribution in [3.8, 4) is 0 Å². The standard InChI is InChI=1S/C32H41N2/c1-20(21(2)23(4)29-31(6,7)25-16-12-14-18-27(25)33(29)10)22(3)24(5)30-32(8,9)26-17-13-15-19-28(26)34(30)11/h12-19H,1-11H3/q+1. The molecule has 0 radical (unpaired) electrons. The van der Waals surface area contributed by atoms with Crippen molar-refractivity contribution >= 4 is 17.1 Å². The summed E-state index contributed by atoms with van der Waals surface area (Å²) >= 11 is 0. The van der Waals surface area contributed by atoms with Gasteiger partial charge in [-0.05, 0) is 82.4 Å². The minimum Gasteiger partial charge on any atom is -0.347 e. The molecular formula is C32H41N2+. The van der Waals surface area contributed by atoms with E-state index in [0.717, 1.165) is 0 Å². The monoisotopic (exact) mass is 453 g/mol. The van der Waals surface area contributed by atoms with Crippen LogP contribution < -0.4 is 4.90 Å². The van der Waals surface area contributed by atoms with Crippen LogP contribution in [0.2, 0.25) is 0 Å². The first-order valence-electron chi connectivity index (χ1n) is 12.4. The smallest absolute Gasteiger partial charge is 0.209 e. The Morgan fingerprint density at radius 3 is 1.85 bits per heavy atom. The Morgan fingerprint density at radius 2 is 1.26 bits per heavy atom. The van der Waals surface area contributed by atoms with E-state index in [1.165, 1.54) is 61.8 Å². The van der Waals surface area contributed by atoms with Crippen LogP contribution in [0.3, 0.4) is 0 Å². The highest BCUT2D eigenvalue weighted by Gasteiger charge is 2.45. The molecule has 0 N–H and O–H groups in total. The number of fused-ring (bicyclic) bond motifs is 2. The number of anilines is 1. The van der Waals surface area contributed by atoms with Crippen molar-refractivity contribution in [2.75, 3.05) is 19.0 Å². The largest absolute Gasteiger partial charge is 0.347 e. The number of rotatable bonds is 3. The maximum atomic E-state index is 2.40. The Labute approximate surface area is 207 Å². The molecule has 4 rings (SSSR count). The molecular weight excluding hydrogens is 412 g/mol. The van der Waals surface area contributed by atoms with Crippen LogP contribution in [0.1, 0.15) is 73.4 Å². The summed E-state index contributed by atoms with van der Waals surface area (Å²) in [5.41, 5.74) is 15.1. The van der Waals surface area contributed by atoms with E-state index in [1.807, 2.05) is 0 Å². The summed E-state index contributed by atoms with van der Waals surface area (Å²) < 4.78 is 2.40. The zero-order valence-corrected chi connectivity index (χ0v) is 23.0. The molecule has 34 heavy (non-hydrogen) atoms. The molecule has 0 bridgehead atoms. The SMILES string of the molecule is CC(=C1/N(C)c2ccccc2C1(C)C)/C(C)=C(C)/C(C)=C(\C)C1=[N+](C)c2ccccc2C1(C)C. The molecule has 2 aromatic rings. The van der Waals surface area contributed by atoms with Gasteiger partial charge in [0, 0.05) is 41.1 Å². The lowest BCUT2D eigenvalue weighted by molar-refractivity contribution is -0.402. The molecule has 0 atom stereocenters. The molecule has 0 aromatic heterocycles. The number of nitrogens with zero attached hydrogens (tertiary/aromatic N) is 2. The Balaban J connectivity index is 1.84. The molecule has 2 aromatic carbocycles. The fourth-order valence-electron chi connectivity index (χ4n) is 6.56. The zero-order valence-electron chi connectivity index (χ0n) is 23.0. The van der Waals surface area contributed by atoms with Gasteiger partial charge >= 0.3 is 0 Å². The Bertz CT molecular complexity index is 1310. The van der Waals surface area contributed by atoms with Gasteiger partial charge in [-0.25, -0.2) is 0 Å². The Morgan fingerprint density at radius 1 is 0.706 bits per heavy atom. The van der Waals surface area contributed by atoms with Gasteiger partial charge in [0.15, 0.2) is 5.71 Å². The molecule has 0 fully saturated rings. The van der Waals surface area contributed by atoms with Gasteiger partial charge in [0.2, 0.25) is 5.69 Å². The third kappa shape index (κ3) is 3.34. The molecule has 2 aliphatic heterocycles. The quantitative estimate of drug-likeness (QED) is 0.336. The summed E-state index contributed by atoms with van der Waals surface area (Å²) in [4.78, 5) is 2.40. The van der Waals surface area contributed by atoms with Gasteiger partial charge in [0.05, 0.1) is 5.41 Å². The molecule has 2 heterocycles. The normalized spacial score (nSPS) is 21.2. The van der Waals surface area contributed by atoms with Gasteiger partial charge in [0.1, 0.15) is 7.05 Å². The average Bonchev–Trinajstić information content (AvgIpc) is 3.14. The first-order chi connectivity index (χ1) is 15.8. The van der Waals surface area contributed by atoms with Crippen LogP contribution in [0, 0.1) is 0 Å². The molecule has 0 saturated carbocycles. The third-order valence-electron chi connectivity index (χ3n) is 8.69. The minimum absolute atomic E-state index is 0.0202. The average molecular weight is 454 g/mol. The topological polar surface area (TPSA) is 6.25 Å². The lowest BCUT2D eigenvalue weighted by Gasteiger charge is -2.28. The fourth-order valence-corrected chi connectivity index (χ4v) is 6.56. The van der Waals surface area contributed by atoms with Crippen LogP contribution in [0.5, 0.6) is 0 Å². The predicted octanol–water partition coefficient (Wildman–Crippen LogP) is 8.07. The molecule has 0 aliphatic carbocycles. The van der Waals surface area contributed by atoms with Crippen LogP contribution in [0.4, 0.5) is 11.4 Å². The van der Waals surface area contributed by atoms with E-state index < -0.39 is 0 Å². The highest BCUT2D eigenvalue weighted by atomic mass is 15.2. The highest BCUT2D eigenvalue weighted by Crippen LogP contribution is 2.49. The van der Waals surface area contributed by atoms with E-state index in [9.17, 15) is 0 Å². The predicted molar refractivity (Wildman–Crippen MR) is 148 cm³/mol. The van der Waals surface area contributed by atoms with Crippen molar-refractivity contribution in [2.45, 2.75) is 73.1 Å². The van der Waals surface area contributed by atoms with Crippen LogP contribution >= 0.6 is 0 Å². The van der Waals surface area contributed by atoms with Crippen molar-refractivity contribution in [1.29, 1.82) is 0 Å². The first kappa shape index (κ1) is 24.3. The second-order valence-electron chi connectivity index (χ2n) is 11.2. The molecule has 0 saturated heterocycles. The lowest BCUT2D eigenvalue weighted by atomic mass is 9.77. The van der Waals surface area contributed by atoms with E-state index in [4.69, 9.17) is 0 Å². The van der Waals surface area contributed by atoms with Gasteiger partial charge in [0.25, 0.3) is 0 Å². The molecule has 0 amide bonds. The summed E-state index contributed by atoms with van der Waals surface area (Å²) in [5.74, 6) is 0. The van der Waals surface area contributed by atoms with E-state index in [0.29, 0.717) is 0 Å². The second-order valence-corrected chi connectivity index (χ2v) is 11.2. The van der Waals surface area contributed by atoms with Crippen molar-refractivity contribution in [2.24, 2.45) is 0 Å². The van der Waals surface area contributed by atoms with E-state index in [-0.39, 0.29) is 10.8 Å². The van der Waals surface area contributed by atoms with Gasteiger partial charge in [-0.1, -0.05) is 50.2 Å². The summed E-state index contributed by atoms with van der Waals surface area (Å²) in [6.07, 6.45) is 0. The van der Waals surface area contributed by atoms with E-state index in [2.05, 4.69) is 134 Å². The van der Waals surface area contributed by atoms with Crippen LogP contribution in [-0.2, 0) is 10.8 Å². The van der Waals surface area contributed by atoms with Crippen LogP contribution in [-0.4, -0.2) is 24.4 Å². The minimum atomic E-state index is -0.0202. The van der Waals surface area contributed by atoms with Crippen molar-refractivity contribution in [1.82, 2.24) is 0 Å². The number of para-hydroxylation sites is 2. The number of allylic oxidation sites excluding steroid dienone is 6. The molecule has 0 spiro atoms. The van der Waals surface area contributed by atoms with Crippen molar-refractivity contribution in [3.05, 3.63) is 93.2 Å². The van der Waals surface area contributed by atoms with Gasteiger partial charge < -0.3 is 4.90 Å². The maximum absolute atomic E-state index is 2.40. The fraction of sp³-hybridized carbons (Fsp3) is 0.406. The Hall–Kier alpha value is -2.87. The molecule has 2 nitrogen and oxygen atoms in total. The lowest BCUT2D eigenvalue weighted by Crippen LogP contribution is -2.30. The first-order valence-corrected chi connectivity index (χ1v) is 12.4. The summed E-state index contributed by atoms with van der Waals surface area (Å²) in [5, 5.41) is 0. The van der Waals surface area contributed by atoms with Gasteiger partial charge in [-0.3, -0.25) is 0 Å². The molecule has 178 valence electrons. The van der Waals surface area contributed by atoms with Crippen molar-refractivity contribution < 1.29 is 4.58 Å². The third-order valence-corrected chi connectivity index (χ3v) is 8.69.